The number of hydrogen-bond acceptors (Lipinski definition) is 4. The summed E-state index contributed by atoms with van der Waals surface area (Å²) in [5.41, 5.74) is 2.79. The second kappa shape index (κ2) is 6.18. The van der Waals surface area contributed by atoms with Crippen LogP contribution < -0.4 is 10.2 Å². The van der Waals surface area contributed by atoms with Crippen molar-refractivity contribution in [3.63, 3.8) is 0 Å². The Kier molecular flexibility index (Phi) is 4.10. The molecule has 0 aliphatic carbocycles. The Labute approximate surface area is 124 Å². The third-order valence-electron chi connectivity index (χ3n) is 3.70. The van der Waals surface area contributed by atoms with Gasteiger partial charge in [-0.1, -0.05) is 0 Å². The van der Waals surface area contributed by atoms with E-state index in [-0.39, 0.29) is 5.82 Å². The molecule has 0 atom stereocenters. The third kappa shape index (κ3) is 3.19. The molecule has 21 heavy (non-hydrogen) atoms. The van der Waals surface area contributed by atoms with Crippen molar-refractivity contribution in [3.8, 4) is 11.3 Å². The maximum atomic E-state index is 13.1. The molecule has 5 heteroatoms. The Morgan fingerprint density at radius 2 is 1.95 bits per heavy atom. The summed E-state index contributed by atoms with van der Waals surface area (Å²) in [6.45, 7) is 5.83. The van der Waals surface area contributed by atoms with Crippen LogP contribution in [0.4, 0.5) is 10.3 Å². The molecule has 1 aromatic carbocycles. The number of hydrogen-bond donors (Lipinski definition) is 1. The van der Waals surface area contributed by atoms with Gasteiger partial charge in [0.2, 0.25) is 5.95 Å². The summed E-state index contributed by atoms with van der Waals surface area (Å²) in [5.74, 6) is 0.521. The zero-order valence-electron chi connectivity index (χ0n) is 12.1. The first-order valence-electron chi connectivity index (χ1n) is 7.29. The molecule has 1 fully saturated rings. The summed E-state index contributed by atoms with van der Waals surface area (Å²) >= 11 is 0. The van der Waals surface area contributed by atoms with Crippen LogP contribution >= 0.6 is 0 Å². The van der Waals surface area contributed by atoms with Gasteiger partial charge in [0.05, 0.1) is 5.69 Å². The number of nitrogens with one attached hydrogen (secondary N) is 1. The Morgan fingerprint density at radius 1 is 1.14 bits per heavy atom. The van der Waals surface area contributed by atoms with E-state index in [9.17, 15) is 4.39 Å². The molecule has 1 aliphatic heterocycles. The zero-order valence-corrected chi connectivity index (χ0v) is 12.1. The molecule has 3 rings (SSSR count). The molecule has 0 bridgehead atoms. The molecular weight excluding hydrogens is 267 g/mol. The summed E-state index contributed by atoms with van der Waals surface area (Å²) in [5, 5.41) is 3.37. The first-order chi connectivity index (χ1) is 10.2. The topological polar surface area (TPSA) is 41.1 Å². The molecule has 0 saturated carbocycles. The SMILES string of the molecule is Cc1cnc(N2CCCNCC2)nc1-c1ccc(F)cc1. The van der Waals surface area contributed by atoms with Gasteiger partial charge in [0.25, 0.3) is 0 Å². The second-order valence-corrected chi connectivity index (χ2v) is 5.30. The Balaban J connectivity index is 1.93. The van der Waals surface area contributed by atoms with Crippen molar-refractivity contribution in [2.75, 3.05) is 31.1 Å². The molecule has 110 valence electrons. The van der Waals surface area contributed by atoms with Gasteiger partial charge in [-0.2, -0.15) is 0 Å². The van der Waals surface area contributed by atoms with Crippen LogP contribution in [0.15, 0.2) is 30.5 Å². The van der Waals surface area contributed by atoms with Gasteiger partial charge >= 0.3 is 0 Å². The molecule has 2 heterocycles. The van der Waals surface area contributed by atoms with Gasteiger partial charge in [-0.15, -0.1) is 0 Å². The van der Waals surface area contributed by atoms with Crippen molar-refractivity contribution in [2.45, 2.75) is 13.3 Å². The molecule has 0 amide bonds. The number of aryl methyl sites for hydroxylation is 1. The fourth-order valence-corrected chi connectivity index (χ4v) is 2.53. The summed E-state index contributed by atoms with van der Waals surface area (Å²) in [6.07, 6.45) is 2.93. The molecule has 1 N–H and O–H groups in total. The van der Waals surface area contributed by atoms with Crippen LogP contribution in [0.1, 0.15) is 12.0 Å². The van der Waals surface area contributed by atoms with Crippen LogP contribution in [0.3, 0.4) is 0 Å². The highest BCUT2D eigenvalue weighted by Gasteiger charge is 2.14. The van der Waals surface area contributed by atoms with E-state index < -0.39 is 0 Å². The summed E-state index contributed by atoms with van der Waals surface area (Å²) in [6, 6.07) is 6.45. The maximum Gasteiger partial charge on any atom is 0.225 e. The first kappa shape index (κ1) is 13.9. The van der Waals surface area contributed by atoms with Gasteiger partial charge in [-0.3, -0.25) is 0 Å². The molecular formula is C16H19FN4. The van der Waals surface area contributed by atoms with E-state index in [4.69, 9.17) is 4.98 Å². The fourth-order valence-electron chi connectivity index (χ4n) is 2.53. The van der Waals surface area contributed by atoms with Gasteiger partial charge in [0.1, 0.15) is 5.82 Å². The van der Waals surface area contributed by atoms with Crippen LogP contribution in [0.5, 0.6) is 0 Å². The van der Waals surface area contributed by atoms with E-state index in [0.717, 1.165) is 55.4 Å². The van der Waals surface area contributed by atoms with Crippen molar-refractivity contribution in [3.05, 3.63) is 41.8 Å². The van der Waals surface area contributed by atoms with Gasteiger partial charge in [0.15, 0.2) is 0 Å². The predicted octanol–water partition coefficient (Wildman–Crippen LogP) is 2.39. The summed E-state index contributed by atoms with van der Waals surface area (Å²) < 4.78 is 13.1. The highest BCUT2D eigenvalue weighted by Crippen LogP contribution is 2.23. The molecule has 0 unspecified atom stereocenters. The van der Waals surface area contributed by atoms with E-state index in [2.05, 4.69) is 15.2 Å². The second-order valence-electron chi connectivity index (χ2n) is 5.30. The Morgan fingerprint density at radius 3 is 2.76 bits per heavy atom. The minimum Gasteiger partial charge on any atom is -0.339 e. The van der Waals surface area contributed by atoms with Crippen LogP contribution in [0.2, 0.25) is 0 Å². The number of halogens is 1. The lowest BCUT2D eigenvalue weighted by Crippen LogP contribution is -2.29. The predicted molar refractivity (Wildman–Crippen MR) is 81.9 cm³/mol. The van der Waals surface area contributed by atoms with Gasteiger partial charge in [-0.25, -0.2) is 14.4 Å². The fraction of sp³-hybridized carbons (Fsp3) is 0.375. The minimum atomic E-state index is -0.232. The number of nitrogens with zero attached hydrogens (tertiary/aromatic N) is 3. The molecule has 2 aromatic rings. The van der Waals surface area contributed by atoms with Crippen molar-refractivity contribution in [1.29, 1.82) is 0 Å². The number of benzene rings is 1. The number of aromatic nitrogens is 2. The highest BCUT2D eigenvalue weighted by atomic mass is 19.1. The average molecular weight is 286 g/mol. The van der Waals surface area contributed by atoms with Crippen LogP contribution in [0.25, 0.3) is 11.3 Å². The molecule has 4 nitrogen and oxygen atoms in total. The van der Waals surface area contributed by atoms with E-state index >= 15 is 0 Å². The lowest BCUT2D eigenvalue weighted by atomic mass is 10.1. The smallest absolute Gasteiger partial charge is 0.225 e. The van der Waals surface area contributed by atoms with Gasteiger partial charge in [-0.05, 0) is 49.7 Å². The van der Waals surface area contributed by atoms with Crippen LogP contribution in [-0.4, -0.2) is 36.1 Å². The van der Waals surface area contributed by atoms with Crippen molar-refractivity contribution in [2.24, 2.45) is 0 Å². The minimum absolute atomic E-state index is 0.232. The molecule has 1 saturated heterocycles. The summed E-state index contributed by atoms with van der Waals surface area (Å²) in [7, 11) is 0. The average Bonchev–Trinajstić information content (AvgIpc) is 2.78. The van der Waals surface area contributed by atoms with E-state index in [1.54, 1.807) is 12.1 Å². The van der Waals surface area contributed by atoms with Gasteiger partial charge in [0, 0.05) is 31.4 Å². The van der Waals surface area contributed by atoms with E-state index in [0.29, 0.717) is 0 Å². The van der Waals surface area contributed by atoms with E-state index in [1.807, 2.05) is 13.1 Å². The van der Waals surface area contributed by atoms with Crippen molar-refractivity contribution in [1.82, 2.24) is 15.3 Å². The van der Waals surface area contributed by atoms with Crippen LogP contribution in [0, 0.1) is 12.7 Å². The Bertz CT molecular complexity index is 604. The largest absolute Gasteiger partial charge is 0.339 e. The standard InChI is InChI=1S/C16H19FN4/c1-12-11-19-16(21-9-2-7-18-8-10-21)20-15(12)13-3-5-14(17)6-4-13/h3-6,11,18H,2,7-10H2,1H3. The molecule has 1 aromatic heterocycles. The first-order valence-corrected chi connectivity index (χ1v) is 7.29. The monoisotopic (exact) mass is 286 g/mol. The molecule has 1 aliphatic rings. The van der Waals surface area contributed by atoms with E-state index in [1.165, 1.54) is 12.1 Å². The number of rotatable bonds is 2. The zero-order chi connectivity index (χ0) is 14.7. The quantitative estimate of drug-likeness (QED) is 0.920. The lowest BCUT2D eigenvalue weighted by molar-refractivity contribution is 0.628. The Hall–Kier alpha value is -2.01. The lowest BCUT2D eigenvalue weighted by Gasteiger charge is -2.20. The molecule has 0 spiro atoms. The maximum absolute atomic E-state index is 13.1. The normalized spacial score (nSPS) is 15.8. The highest BCUT2D eigenvalue weighted by molar-refractivity contribution is 5.63. The van der Waals surface area contributed by atoms with Crippen LogP contribution in [-0.2, 0) is 0 Å². The van der Waals surface area contributed by atoms with Gasteiger partial charge < -0.3 is 10.2 Å². The molecule has 0 radical (unpaired) electrons. The van der Waals surface area contributed by atoms with Crippen molar-refractivity contribution >= 4 is 5.95 Å². The summed E-state index contributed by atoms with van der Waals surface area (Å²) in [4.78, 5) is 11.4. The number of anilines is 1. The van der Waals surface area contributed by atoms with Crippen molar-refractivity contribution < 1.29 is 4.39 Å². The third-order valence-corrected chi connectivity index (χ3v) is 3.70.